The Morgan fingerprint density at radius 1 is 1.31 bits per heavy atom. The number of aromatic nitrogens is 1. The summed E-state index contributed by atoms with van der Waals surface area (Å²) in [6, 6.07) is 3.56. The average molecular weight is 534 g/mol. The molecule has 5 rings (SSSR count). The first-order valence-corrected chi connectivity index (χ1v) is 13.4. The molecule has 2 saturated heterocycles. The second kappa shape index (κ2) is 11.1. The highest BCUT2D eigenvalue weighted by Crippen LogP contribution is 2.39. The number of aliphatic hydroxyl groups is 1. The number of halogens is 2. The molecule has 3 aliphatic heterocycles. The summed E-state index contributed by atoms with van der Waals surface area (Å²) >= 11 is 8.02. The van der Waals surface area contributed by atoms with Gasteiger partial charge >= 0.3 is 5.97 Å². The van der Waals surface area contributed by atoms with Gasteiger partial charge in [0, 0.05) is 40.8 Å². The lowest BCUT2D eigenvalue weighted by atomic mass is 9.87. The Kier molecular flexibility index (Phi) is 7.83. The van der Waals surface area contributed by atoms with Crippen LogP contribution in [0.3, 0.4) is 0 Å². The van der Waals surface area contributed by atoms with E-state index in [9.17, 15) is 14.3 Å². The highest BCUT2D eigenvalue weighted by molar-refractivity contribution is 7.11. The fraction of sp³-hybridized carbons (Fsp3) is 0.500. The predicted molar refractivity (Wildman–Crippen MR) is 136 cm³/mol. The number of aliphatic hydroxyl groups excluding tert-OH is 1. The maximum atomic E-state index is 14.0. The minimum absolute atomic E-state index is 0.0755. The lowest BCUT2D eigenvalue weighted by Gasteiger charge is -2.48. The Morgan fingerprint density at radius 2 is 2.08 bits per heavy atom. The van der Waals surface area contributed by atoms with Gasteiger partial charge in [0.15, 0.2) is 0 Å². The summed E-state index contributed by atoms with van der Waals surface area (Å²) in [6.07, 6.45) is 4.81. The Bertz CT molecular complexity index is 1160. The van der Waals surface area contributed by atoms with Gasteiger partial charge in [-0.3, -0.25) is 9.89 Å². The number of aliphatic imine (C=N–C) groups is 1. The SMILES string of the molecule is COC(=O)C1=C(CN2C3COCC2CC(O)C3)CCCC(c2nccs2)=NC1c1ccc(F)cc1Cl. The van der Waals surface area contributed by atoms with E-state index in [1.165, 1.54) is 30.6 Å². The van der Waals surface area contributed by atoms with Crippen molar-refractivity contribution in [3.05, 3.63) is 62.3 Å². The summed E-state index contributed by atoms with van der Waals surface area (Å²) in [5.41, 5.74) is 2.71. The van der Waals surface area contributed by atoms with Crippen molar-refractivity contribution in [3.8, 4) is 0 Å². The van der Waals surface area contributed by atoms with E-state index < -0.39 is 17.8 Å². The number of piperidine rings is 1. The van der Waals surface area contributed by atoms with Crippen LogP contribution in [-0.4, -0.2) is 71.7 Å². The van der Waals surface area contributed by atoms with Crippen molar-refractivity contribution in [1.82, 2.24) is 9.88 Å². The third-order valence-electron chi connectivity index (χ3n) is 7.19. The number of carbonyl (C=O) groups is 1. The first kappa shape index (κ1) is 25.5. The molecule has 10 heteroatoms. The van der Waals surface area contributed by atoms with Crippen LogP contribution >= 0.6 is 22.9 Å². The Morgan fingerprint density at radius 3 is 2.75 bits per heavy atom. The minimum atomic E-state index is -0.758. The van der Waals surface area contributed by atoms with E-state index in [1.54, 1.807) is 12.3 Å². The predicted octanol–water partition coefficient (Wildman–Crippen LogP) is 4.34. The maximum Gasteiger partial charge on any atom is 0.336 e. The van der Waals surface area contributed by atoms with Crippen molar-refractivity contribution in [2.75, 3.05) is 26.9 Å². The van der Waals surface area contributed by atoms with Crippen LogP contribution in [0.15, 0.2) is 45.9 Å². The molecule has 0 saturated carbocycles. The molecule has 4 heterocycles. The summed E-state index contributed by atoms with van der Waals surface area (Å²) in [7, 11) is 1.36. The molecule has 3 aliphatic rings. The van der Waals surface area contributed by atoms with E-state index in [2.05, 4.69) is 9.88 Å². The van der Waals surface area contributed by atoms with Crippen LogP contribution in [0.4, 0.5) is 4.39 Å². The Balaban J connectivity index is 1.63. The molecule has 1 N–H and O–H groups in total. The van der Waals surface area contributed by atoms with Gasteiger partial charge in [-0.2, -0.15) is 0 Å². The lowest BCUT2D eigenvalue weighted by molar-refractivity contribution is -0.136. The molecule has 36 heavy (non-hydrogen) atoms. The number of nitrogens with zero attached hydrogens (tertiary/aromatic N) is 3. The first-order chi connectivity index (χ1) is 17.4. The van der Waals surface area contributed by atoms with Crippen LogP contribution in [0.2, 0.25) is 5.02 Å². The third-order valence-corrected chi connectivity index (χ3v) is 8.34. The number of esters is 1. The number of ether oxygens (including phenoxy) is 2. The maximum absolute atomic E-state index is 14.0. The van der Waals surface area contributed by atoms with Gasteiger partial charge in [-0.1, -0.05) is 17.7 Å². The molecule has 7 nitrogen and oxygen atoms in total. The fourth-order valence-corrected chi connectivity index (χ4v) is 6.46. The van der Waals surface area contributed by atoms with Gasteiger partial charge < -0.3 is 14.6 Å². The number of methoxy groups -OCH3 is 1. The number of fused-ring (bicyclic) bond motifs is 2. The molecule has 2 fully saturated rings. The van der Waals surface area contributed by atoms with Crippen LogP contribution in [-0.2, 0) is 14.3 Å². The number of rotatable bonds is 5. The highest BCUT2D eigenvalue weighted by Gasteiger charge is 2.40. The number of hydrogen-bond donors (Lipinski definition) is 1. The molecule has 0 aliphatic carbocycles. The molecule has 3 unspecified atom stereocenters. The van der Waals surface area contributed by atoms with E-state index in [1.807, 2.05) is 5.38 Å². The van der Waals surface area contributed by atoms with E-state index in [0.717, 1.165) is 22.7 Å². The van der Waals surface area contributed by atoms with Crippen LogP contribution < -0.4 is 0 Å². The molecule has 0 radical (unpaired) electrons. The highest BCUT2D eigenvalue weighted by atomic mass is 35.5. The third kappa shape index (κ3) is 5.26. The zero-order valence-corrected chi connectivity index (χ0v) is 21.6. The Labute approximate surface area is 218 Å². The number of thiazole rings is 1. The van der Waals surface area contributed by atoms with E-state index in [0.29, 0.717) is 56.6 Å². The molecule has 0 amide bonds. The van der Waals surface area contributed by atoms with Crippen LogP contribution in [0, 0.1) is 5.82 Å². The van der Waals surface area contributed by atoms with E-state index in [-0.39, 0.29) is 23.2 Å². The standard InChI is InChI=1S/C26H29ClFN3O4S/c1-34-26(33)23-15(12-31-17-10-19(32)11-18(31)14-35-13-17)3-2-4-22(25-29-7-8-36-25)30-24(23)20-6-5-16(28)9-21(20)27/h5-9,17-19,24,32H,2-4,10-14H2,1H3. The molecule has 1 aromatic heterocycles. The van der Waals surface area contributed by atoms with E-state index >= 15 is 0 Å². The summed E-state index contributed by atoms with van der Waals surface area (Å²) in [6.45, 7) is 1.65. The normalized spacial score (nSPS) is 27.3. The fourth-order valence-electron chi connectivity index (χ4n) is 5.53. The second-order valence-corrected chi connectivity index (χ2v) is 10.8. The monoisotopic (exact) mass is 533 g/mol. The smallest absolute Gasteiger partial charge is 0.336 e. The average Bonchev–Trinajstić information content (AvgIpc) is 3.36. The number of carbonyl (C=O) groups excluding carboxylic acids is 1. The number of morpholine rings is 1. The summed E-state index contributed by atoms with van der Waals surface area (Å²) in [4.78, 5) is 25.2. The largest absolute Gasteiger partial charge is 0.466 e. The summed E-state index contributed by atoms with van der Waals surface area (Å²) in [5.74, 6) is -0.930. The molecular formula is C26H29ClFN3O4S. The van der Waals surface area contributed by atoms with Crippen LogP contribution in [0.1, 0.15) is 48.7 Å². The van der Waals surface area contributed by atoms with E-state index in [4.69, 9.17) is 26.1 Å². The van der Waals surface area contributed by atoms with Gasteiger partial charge in [-0.05, 0) is 49.8 Å². The van der Waals surface area contributed by atoms with Crippen molar-refractivity contribution in [2.45, 2.75) is 56.3 Å². The zero-order chi connectivity index (χ0) is 25.2. The van der Waals surface area contributed by atoms with Gasteiger partial charge in [0.2, 0.25) is 0 Å². The molecule has 0 spiro atoms. The quantitative estimate of drug-likeness (QED) is 0.575. The van der Waals surface area contributed by atoms with Gasteiger partial charge in [-0.25, -0.2) is 14.2 Å². The topological polar surface area (TPSA) is 84.2 Å². The number of benzene rings is 1. The van der Waals surface area contributed by atoms with Crippen molar-refractivity contribution in [1.29, 1.82) is 0 Å². The molecule has 192 valence electrons. The molecule has 3 atom stereocenters. The van der Waals surface area contributed by atoms with Gasteiger partial charge in [-0.15, -0.1) is 11.3 Å². The van der Waals surface area contributed by atoms with Gasteiger partial charge in [0.25, 0.3) is 0 Å². The summed E-state index contributed by atoms with van der Waals surface area (Å²) < 4.78 is 25.0. The van der Waals surface area contributed by atoms with Crippen molar-refractivity contribution in [3.63, 3.8) is 0 Å². The minimum Gasteiger partial charge on any atom is -0.466 e. The Hall–Kier alpha value is -2.17. The summed E-state index contributed by atoms with van der Waals surface area (Å²) in [5, 5.41) is 13.2. The van der Waals surface area contributed by atoms with Crippen molar-refractivity contribution >= 4 is 34.6 Å². The van der Waals surface area contributed by atoms with Gasteiger partial charge in [0.05, 0.1) is 37.7 Å². The molecule has 1 aromatic carbocycles. The van der Waals surface area contributed by atoms with Crippen LogP contribution in [0.25, 0.3) is 0 Å². The molecule has 2 bridgehead atoms. The zero-order valence-electron chi connectivity index (χ0n) is 20.0. The lowest BCUT2D eigenvalue weighted by Crippen LogP contribution is -2.58. The van der Waals surface area contributed by atoms with Gasteiger partial charge in [0.1, 0.15) is 16.9 Å². The van der Waals surface area contributed by atoms with Crippen molar-refractivity contribution < 1.29 is 23.8 Å². The van der Waals surface area contributed by atoms with Crippen LogP contribution in [0.5, 0.6) is 0 Å². The number of hydrogen-bond acceptors (Lipinski definition) is 8. The molecule has 2 aromatic rings. The molecular weight excluding hydrogens is 505 g/mol. The first-order valence-electron chi connectivity index (χ1n) is 12.2. The second-order valence-electron chi connectivity index (χ2n) is 9.49. The van der Waals surface area contributed by atoms with Crippen molar-refractivity contribution in [2.24, 2.45) is 4.99 Å².